The van der Waals surface area contributed by atoms with Crippen LogP contribution < -0.4 is 5.32 Å². The Morgan fingerprint density at radius 2 is 2.00 bits per heavy atom. The van der Waals surface area contributed by atoms with E-state index in [2.05, 4.69) is 30.4 Å². The second kappa shape index (κ2) is 8.81. The lowest BCUT2D eigenvalue weighted by atomic mass is 10.4. The molecule has 17 heavy (non-hydrogen) atoms. The van der Waals surface area contributed by atoms with E-state index in [1.54, 1.807) is 11.8 Å². The van der Waals surface area contributed by atoms with Crippen molar-refractivity contribution in [3.63, 3.8) is 0 Å². The highest BCUT2D eigenvalue weighted by Gasteiger charge is 1.98. The van der Waals surface area contributed by atoms with E-state index in [4.69, 9.17) is 11.6 Å². The molecule has 0 fully saturated rings. The first-order chi connectivity index (χ1) is 8.20. The Hall–Kier alpha value is -0.220. The Kier molecular flexibility index (Phi) is 7.69. The standard InChI is InChI=1S/C13H21ClN2S/c1-16(2)10-5-8-15-9-11-17-13-7-4-3-6-12(13)14/h3-4,6-7,15H,5,8-11H2,1-2H3. The van der Waals surface area contributed by atoms with Crippen LogP contribution in [0.15, 0.2) is 29.2 Å². The summed E-state index contributed by atoms with van der Waals surface area (Å²) >= 11 is 7.88. The monoisotopic (exact) mass is 272 g/mol. The van der Waals surface area contributed by atoms with Crippen LogP contribution in [-0.4, -0.2) is 44.4 Å². The van der Waals surface area contributed by atoms with Gasteiger partial charge < -0.3 is 10.2 Å². The molecular formula is C13H21ClN2S. The van der Waals surface area contributed by atoms with Crippen molar-refractivity contribution >= 4 is 23.4 Å². The van der Waals surface area contributed by atoms with Crippen LogP contribution in [0.2, 0.25) is 5.02 Å². The molecule has 0 heterocycles. The van der Waals surface area contributed by atoms with Gasteiger partial charge in [0.2, 0.25) is 0 Å². The fourth-order valence-electron chi connectivity index (χ4n) is 1.44. The average Bonchev–Trinajstić information content (AvgIpc) is 2.30. The minimum absolute atomic E-state index is 0.852. The zero-order valence-corrected chi connectivity index (χ0v) is 12.2. The maximum absolute atomic E-state index is 6.07. The van der Waals surface area contributed by atoms with E-state index in [0.29, 0.717) is 0 Å². The van der Waals surface area contributed by atoms with E-state index in [-0.39, 0.29) is 0 Å². The van der Waals surface area contributed by atoms with Crippen LogP contribution in [0, 0.1) is 0 Å². The fraction of sp³-hybridized carbons (Fsp3) is 0.538. The summed E-state index contributed by atoms with van der Waals surface area (Å²) < 4.78 is 0. The minimum atomic E-state index is 0.852. The lowest BCUT2D eigenvalue weighted by molar-refractivity contribution is 0.396. The van der Waals surface area contributed by atoms with Gasteiger partial charge in [0.1, 0.15) is 0 Å². The third-order valence-electron chi connectivity index (χ3n) is 2.33. The summed E-state index contributed by atoms with van der Waals surface area (Å²) in [6, 6.07) is 8.00. The largest absolute Gasteiger partial charge is 0.316 e. The van der Waals surface area contributed by atoms with Crippen molar-refractivity contribution in [3.05, 3.63) is 29.3 Å². The predicted molar refractivity (Wildman–Crippen MR) is 78.2 cm³/mol. The van der Waals surface area contributed by atoms with Gasteiger partial charge in [-0.2, -0.15) is 0 Å². The van der Waals surface area contributed by atoms with Crippen LogP contribution in [0.5, 0.6) is 0 Å². The summed E-state index contributed by atoms with van der Waals surface area (Å²) in [6.45, 7) is 3.26. The zero-order chi connectivity index (χ0) is 12.5. The van der Waals surface area contributed by atoms with Gasteiger partial charge >= 0.3 is 0 Å². The lowest BCUT2D eigenvalue weighted by Gasteiger charge is -2.09. The molecule has 0 saturated heterocycles. The van der Waals surface area contributed by atoms with Crippen molar-refractivity contribution < 1.29 is 0 Å². The van der Waals surface area contributed by atoms with Gasteiger partial charge in [-0.15, -0.1) is 11.8 Å². The predicted octanol–water partition coefficient (Wildman–Crippen LogP) is 2.97. The molecule has 0 bridgehead atoms. The van der Waals surface area contributed by atoms with Crippen molar-refractivity contribution in [3.8, 4) is 0 Å². The molecule has 96 valence electrons. The second-order valence-electron chi connectivity index (χ2n) is 4.19. The molecule has 0 aliphatic carbocycles. The lowest BCUT2D eigenvalue weighted by Crippen LogP contribution is -2.23. The van der Waals surface area contributed by atoms with E-state index >= 15 is 0 Å². The van der Waals surface area contributed by atoms with E-state index in [1.165, 1.54) is 11.3 Å². The van der Waals surface area contributed by atoms with Crippen molar-refractivity contribution in [1.82, 2.24) is 10.2 Å². The highest BCUT2D eigenvalue weighted by molar-refractivity contribution is 7.99. The highest BCUT2D eigenvalue weighted by Crippen LogP contribution is 2.25. The van der Waals surface area contributed by atoms with E-state index < -0.39 is 0 Å². The fourth-order valence-corrected chi connectivity index (χ4v) is 2.59. The van der Waals surface area contributed by atoms with Crippen LogP contribution in [0.25, 0.3) is 0 Å². The number of nitrogens with one attached hydrogen (secondary N) is 1. The Labute approximate surface area is 114 Å². The van der Waals surface area contributed by atoms with E-state index in [0.717, 1.165) is 30.4 Å². The molecule has 0 amide bonds. The van der Waals surface area contributed by atoms with Gasteiger partial charge in [0.05, 0.1) is 5.02 Å². The number of benzene rings is 1. The Morgan fingerprint density at radius 3 is 2.71 bits per heavy atom. The first-order valence-corrected chi connectivity index (χ1v) is 7.29. The maximum Gasteiger partial charge on any atom is 0.0541 e. The smallest absolute Gasteiger partial charge is 0.0541 e. The number of thioether (sulfide) groups is 1. The van der Waals surface area contributed by atoms with Gasteiger partial charge in [0.25, 0.3) is 0 Å². The first kappa shape index (κ1) is 14.8. The van der Waals surface area contributed by atoms with Crippen LogP contribution in [-0.2, 0) is 0 Å². The quantitative estimate of drug-likeness (QED) is 0.579. The average molecular weight is 273 g/mol. The molecule has 0 saturated carbocycles. The van der Waals surface area contributed by atoms with Crippen molar-refractivity contribution in [2.24, 2.45) is 0 Å². The summed E-state index contributed by atoms with van der Waals surface area (Å²) in [5.41, 5.74) is 0. The van der Waals surface area contributed by atoms with Crippen LogP contribution >= 0.6 is 23.4 Å². The summed E-state index contributed by atoms with van der Waals surface area (Å²) in [7, 11) is 4.21. The Morgan fingerprint density at radius 1 is 1.24 bits per heavy atom. The van der Waals surface area contributed by atoms with Crippen LogP contribution in [0.1, 0.15) is 6.42 Å². The number of rotatable bonds is 8. The molecule has 0 unspecified atom stereocenters. The van der Waals surface area contributed by atoms with E-state index in [1.807, 2.05) is 18.2 Å². The van der Waals surface area contributed by atoms with Crippen molar-refractivity contribution in [1.29, 1.82) is 0 Å². The number of nitrogens with zero attached hydrogens (tertiary/aromatic N) is 1. The summed E-state index contributed by atoms with van der Waals surface area (Å²) in [4.78, 5) is 3.38. The highest BCUT2D eigenvalue weighted by atomic mass is 35.5. The Bertz CT molecular complexity index is 318. The van der Waals surface area contributed by atoms with Gasteiger partial charge in [-0.25, -0.2) is 0 Å². The molecule has 1 rings (SSSR count). The van der Waals surface area contributed by atoms with Gasteiger partial charge in [0, 0.05) is 17.2 Å². The maximum atomic E-state index is 6.07. The molecule has 0 aliphatic heterocycles. The molecule has 1 aromatic rings. The molecule has 0 aliphatic rings. The topological polar surface area (TPSA) is 15.3 Å². The molecule has 0 atom stereocenters. The third kappa shape index (κ3) is 6.94. The SMILES string of the molecule is CN(C)CCCNCCSc1ccccc1Cl. The number of hydrogen-bond acceptors (Lipinski definition) is 3. The summed E-state index contributed by atoms with van der Waals surface area (Å²) in [5.74, 6) is 1.06. The van der Waals surface area contributed by atoms with Crippen molar-refractivity contribution in [2.75, 3.05) is 39.5 Å². The first-order valence-electron chi connectivity index (χ1n) is 5.93. The molecule has 1 aromatic carbocycles. The molecule has 0 spiro atoms. The molecule has 0 aromatic heterocycles. The van der Waals surface area contributed by atoms with Gasteiger partial charge in [-0.3, -0.25) is 0 Å². The number of halogens is 1. The summed E-state index contributed by atoms with van der Waals surface area (Å²) in [5, 5.41) is 4.29. The van der Waals surface area contributed by atoms with Crippen LogP contribution in [0.4, 0.5) is 0 Å². The minimum Gasteiger partial charge on any atom is -0.316 e. The van der Waals surface area contributed by atoms with Gasteiger partial charge in [-0.1, -0.05) is 23.7 Å². The Balaban J connectivity index is 2.03. The molecule has 1 N–H and O–H groups in total. The number of hydrogen-bond donors (Lipinski definition) is 1. The van der Waals surface area contributed by atoms with Gasteiger partial charge in [-0.05, 0) is 45.7 Å². The third-order valence-corrected chi connectivity index (χ3v) is 3.85. The molecule has 4 heteroatoms. The van der Waals surface area contributed by atoms with Gasteiger partial charge in [0.15, 0.2) is 0 Å². The van der Waals surface area contributed by atoms with Crippen molar-refractivity contribution in [2.45, 2.75) is 11.3 Å². The van der Waals surface area contributed by atoms with Crippen LogP contribution in [0.3, 0.4) is 0 Å². The normalized spacial score (nSPS) is 11.1. The zero-order valence-electron chi connectivity index (χ0n) is 10.6. The second-order valence-corrected chi connectivity index (χ2v) is 5.73. The molecule has 0 radical (unpaired) electrons. The van der Waals surface area contributed by atoms with E-state index in [9.17, 15) is 0 Å². The summed E-state index contributed by atoms with van der Waals surface area (Å²) in [6.07, 6.45) is 1.20. The molecular weight excluding hydrogens is 252 g/mol. The molecule has 2 nitrogen and oxygen atoms in total.